The molecule has 4 nitrogen and oxygen atoms in total. The quantitative estimate of drug-likeness (QED) is 0.892. The lowest BCUT2D eigenvalue weighted by atomic mass is 9.99. The van der Waals surface area contributed by atoms with Crippen LogP contribution in [0.3, 0.4) is 0 Å². The van der Waals surface area contributed by atoms with Gasteiger partial charge in [-0.05, 0) is 50.4 Å². The molecule has 19 heavy (non-hydrogen) atoms. The van der Waals surface area contributed by atoms with Crippen LogP contribution in [0.2, 0.25) is 0 Å². The van der Waals surface area contributed by atoms with E-state index in [1.165, 1.54) is 39.0 Å². The summed E-state index contributed by atoms with van der Waals surface area (Å²) >= 11 is 0. The van der Waals surface area contributed by atoms with Crippen LogP contribution < -0.4 is 10.1 Å². The SMILES string of the molecule is c1cc(O[C@@H]2CCN(CC3CCCNC3)C2)ccn1. The summed E-state index contributed by atoms with van der Waals surface area (Å²) in [5.41, 5.74) is 0. The lowest BCUT2D eigenvalue weighted by Gasteiger charge is -2.27. The Labute approximate surface area is 115 Å². The Morgan fingerprint density at radius 2 is 2.21 bits per heavy atom. The summed E-state index contributed by atoms with van der Waals surface area (Å²) in [5.74, 6) is 1.77. The molecule has 0 spiro atoms. The number of hydrogen-bond acceptors (Lipinski definition) is 4. The number of pyridine rings is 1. The van der Waals surface area contributed by atoms with Crippen LogP contribution in [0.5, 0.6) is 5.75 Å². The van der Waals surface area contributed by atoms with Crippen molar-refractivity contribution in [3.05, 3.63) is 24.5 Å². The third-order valence-electron chi connectivity index (χ3n) is 4.10. The number of rotatable bonds is 4. The van der Waals surface area contributed by atoms with Crippen molar-refractivity contribution >= 4 is 0 Å². The van der Waals surface area contributed by atoms with E-state index in [1.807, 2.05) is 12.1 Å². The van der Waals surface area contributed by atoms with Crippen LogP contribution >= 0.6 is 0 Å². The predicted octanol–water partition coefficient (Wildman–Crippen LogP) is 1.53. The monoisotopic (exact) mass is 261 g/mol. The Hall–Kier alpha value is -1.13. The fourth-order valence-corrected chi connectivity index (χ4v) is 3.11. The molecule has 0 saturated carbocycles. The van der Waals surface area contributed by atoms with Gasteiger partial charge in [-0.25, -0.2) is 0 Å². The molecule has 0 aliphatic carbocycles. The molecule has 1 aromatic rings. The van der Waals surface area contributed by atoms with E-state index in [9.17, 15) is 0 Å². The van der Waals surface area contributed by atoms with Gasteiger partial charge in [0.25, 0.3) is 0 Å². The van der Waals surface area contributed by atoms with E-state index in [0.29, 0.717) is 6.10 Å². The molecule has 0 aromatic carbocycles. The first-order valence-corrected chi connectivity index (χ1v) is 7.40. The van der Waals surface area contributed by atoms with Crippen LogP contribution in [0.15, 0.2) is 24.5 Å². The van der Waals surface area contributed by atoms with Crippen molar-refractivity contribution in [1.29, 1.82) is 0 Å². The molecule has 0 radical (unpaired) electrons. The Morgan fingerprint density at radius 1 is 1.32 bits per heavy atom. The third kappa shape index (κ3) is 3.67. The van der Waals surface area contributed by atoms with Crippen molar-refractivity contribution in [2.75, 3.05) is 32.7 Å². The number of piperidine rings is 1. The summed E-state index contributed by atoms with van der Waals surface area (Å²) in [7, 11) is 0. The number of likely N-dealkylation sites (tertiary alicyclic amines) is 1. The number of ether oxygens (including phenoxy) is 1. The van der Waals surface area contributed by atoms with Gasteiger partial charge in [0.05, 0.1) is 0 Å². The van der Waals surface area contributed by atoms with Gasteiger partial charge < -0.3 is 10.1 Å². The molecule has 2 aliphatic rings. The summed E-state index contributed by atoms with van der Waals surface area (Å²) in [6, 6.07) is 3.88. The van der Waals surface area contributed by atoms with Gasteiger partial charge in [-0.1, -0.05) is 0 Å². The lowest BCUT2D eigenvalue weighted by Crippen LogP contribution is -2.38. The summed E-state index contributed by atoms with van der Waals surface area (Å²) < 4.78 is 6.00. The van der Waals surface area contributed by atoms with Gasteiger partial charge in [-0.3, -0.25) is 9.88 Å². The minimum atomic E-state index is 0.346. The van der Waals surface area contributed by atoms with Gasteiger partial charge in [-0.15, -0.1) is 0 Å². The molecule has 1 unspecified atom stereocenters. The van der Waals surface area contributed by atoms with Crippen LogP contribution in [-0.2, 0) is 0 Å². The fourth-order valence-electron chi connectivity index (χ4n) is 3.11. The number of aromatic nitrogens is 1. The smallest absolute Gasteiger partial charge is 0.122 e. The normalized spacial score (nSPS) is 28.4. The molecule has 2 saturated heterocycles. The highest BCUT2D eigenvalue weighted by Gasteiger charge is 2.26. The highest BCUT2D eigenvalue weighted by molar-refractivity contribution is 5.17. The average molecular weight is 261 g/mol. The van der Waals surface area contributed by atoms with Crippen molar-refractivity contribution in [2.24, 2.45) is 5.92 Å². The minimum absolute atomic E-state index is 0.346. The van der Waals surface area contributed by atoms with E-state index in [2.05, 4.69) is 15.2 Å². The lowest BCUT2D eigenvalue weighted by molar-refractivity contribution is 0.184. The molecule has 2 aliphatic heterocycles. The van der Waals surface area contributed by atoms with Crippen LogP contribution in [0.25, 0.3) is 0 Å². The van der Waals surface area contributed by atoms with Crippen molar-refractivity contribution in [3.8, 4) is 5.75 Å². The Balaban J connectivity index is 1.44. The van der Waals surface area contributed by atoms with Crippen molar-refractivity contribution < 1.29 is 4.74 Å². The molecule has 4 heteroatoms. The molecule has 0 bridgehead atoms. The maximum atomic E-state index is 6.00. The topological polar surface area (TPSA) is 37.4 Å². The van der Waals surface area contributed by atoms with Crippen molar-refractivity contribution in [2.45, 2.75) is 25.4 Å². The summed E-state index contributed by atoms with van der Waals surface area (Å²) in [6.07, 6.45) is 7.77. The van der Waals surface area contributed by atoms with Crippen LogP contribution in [0, 0.1) is 5.92 Å². The molecule has 3 rings (SSSR count). The van der Waals surface area contributed by atoms with Crippen LogP contribution in [0.4, 0.5) is 0 Å². The van der Waals surface area contributed by atoms with Gasteiger partial charge in [-0.2, -0.15) is 0 Å². The van der Waals surface area contributed by atoms with Crippen LogP contribution in [-0.4, -0.2) is 48.7 Å². The Kier molecular flexibility index (Phi) is 4.30. The first-order chi connectivity index (χ1) is 9.40. The van der Waals surface area contributed by atoms with Gasteiger partial charge in [0.1, 0.15) is 11.9 Å². The van der Waals surface area contributed by atoms with Gasteiger partial charge in [0, 0.05) is 32.0 Å². The Morgan fingerprint density at radius 3 is 3.00 bits per heavy atom. The molecule has 3 heterocycles. The largest absolute Gasteiger partial charge is 0.489 e. The van der Waals surface area contributed by atoms with E-state index in [0.717, 1.165) is 24.6 Å². The highest BCUT2D eigenvalue weighted by Crippen LogP contribution is 2.20. The molecule has 0 amide bonds. The number of nitrogens with one attached hydrogen (secondary N) is 1. The number of nitrogens with zero attached hydrogens (tertiary/aromatic N) is 2. The molecular formula is C15H23N3O. The standard InChI is InChI=1S/C15H23N3O/c1-2-13(10-17-6-1)11-18-9-5-15(12-18)19-14-3-7-16-8-4-14/h3-4,7-8,13,15,17H,1-2,5-6,9-12H2/t13?,15-/m1/s1. The van der Waals surface area contributed by atoms with Crippen molar-refractivity contribution in [3.63, 3.8) is 0 Å². The summed E-state index contributed by atoms with van der Waals surface area (Å²) in [4.78, 5) is 6.57. The maximum absolute atomic E-state index is 6.00. The maximum Gasteiger partial charge on any atom is 0.122 e. The molecule has 1 aromatic heterocycles. The molecule has 1 N–H and O–H groups in total. The summed E-state index contributed by atoms with van der Waals surface area (Å²) in [5, 5.41) is 3.49. The molecular weight excluding hydrogens is 238 g/mol. The first kappa shape index (κ1) is 12.9. The van der Waals surface area contributed by atoms with Gasteiger partial charge in [0.2, 0.25) is 0 Å². The molecule has 2 fully saturated rings. The molecule has 104 valence electrons. The van der Waals surface area contributed by atoms with E-state index in [-0.39, 0.29) is 0 Å². The van der Waals surface area contributed by atoms with E-state index in [4.69, 9.17) is 4.74 Å². The second-order valence-corrected chi connectivity index (χ2v) is 5.68. The third-order valence-corrected chi connectivity index (χ3v) is 4.10. The second-order valence-electron chi connectivity index (χ2n) is 5.68. The van der Waals surface area contributed by atoms with E-state index < -0.39 is 0 Å². The summed E-state index contributed by atoms with van der Waals surface area (Å²) in [6.45, 7) is 5.85. The van der Waals surface area contributed by atoms with E-state index in [1.54, 1.807) is 12.4 Å². The average Bonchev–Trinajstić information content (AvgIpc) is 2.88. The second kappa shape index (κ2) is 6.35. The van der Waals surface area contributed by atoms with Gasteiger partial charge in [0.15, 0.2) is 0 Å². The fraction of sp³-hybridized carbons (Fsp3) is 0.667. The zero-order chi connectivity index (χ0) is 12.9. The van der Waals surface area contributed by atoms with Crippen LogP contribution in [0.1, 0.15) is 19.3 Å². The zero-order valence-corrected chi connectivity index (χ0v) is 11.4. The Bertz CT molecular complexity index is 378. The zero-order valence-electron chi connectivity index (χ0n) is 11.4. The molecule has 2 atom stereocenters. The first-order valence-electron chi connectivity index (χ1n) is 7.40. The van der Waals surface area contributed by atoms with Crippen molar-refractivity contribution in [1.82, 2.24) is 15.2 Å². The van der Waals surface area contributed by atoms with Gasteiger partial charge >= 0.3 is 0 Å². The van der Waals surface area contributed by atoms with E-state index >= 15 is 0 Å². The highest BCUT2D eigenvalue weighted by atomic mass is 16.5. The number of hydrogen-bond donors (Lipinski definition) is 1. The predicted molar refractivity (Wildman–Crippen MR) is 75.3 cm³/mol. The minimum Gasteiger partial charge on any atom is -0.489 e.